The summed E-state index contributed by atoms with van der Waals surface area (Å²) >= 11 is 0. The van der Waals surface area contributed by atoms with Gasteiger partial charge in [0.25, 0.3) is 0 Å². The van der Waals surface area contributed by atoms with Crippen molar-refractivity contribution in [1.29, 1.82) is 0 Å². The molecule has 7 heteroatoms. The second kappa shape index (κ2) is 13.0. The van der Waals surface area contributed by atoms with E-state index in [1.807, 2.05) is 78.9 Å². The van der Waals surface area contributed by atoms with Crippen LogP contribution in [0.15, 0.2) is 91.0 Å². The van der Waals surface area contributed by atoms with Crippen molar-refractivity contribution in [3.63, 3.8) is 0 Å². The highest BCUT2D eigenvalue weighted by Gasteiger charge is 2.38. The first-order chi connectivity index (χ1) is 19.0. The molecule has 0 unspecified atom stereocenters. The molecule has 0 bridgehead atoms. The zero-order valence-corrected chi connectivity index (χ0v) is 22.8. The van der Waals surface area contributed by atoms with E-state index < -0.39 is 5.60 Å². The van der Waals surface area contributed by atoms with Gasteiger partial charge in [0.15, 0.2) is 11.5 Å². The van der Waals surface area contributed by atoms with E-state index in [2.05, 4.69) is 5.32 Å². The number of nitrogens with one attached hydrogen (secondary N) is 1. The third-order valence-corrected chi connectivity index (χ3v) is 6.66. The van der Waals surface area contributed by atoms with Crippen LogP contribution < -0.4 is 24.3 Å². The summed E-state index contributed by atoms with van der Waals surface area (Å²) in [6.07, 6.45) is 0. The molecule has 2 N–H and O–H groups in total. The number of phenols is 1. The Hall–Kier alpha value is -4.20. The fourth-order valence-corrected chi connectivity index (χ4v) is 4.58. The molecule has 0 aliphatic carbocycles. The van der Waals surface area contributed by atoms with Gasteiger partial charge in [0.1, 0.15) is 22.8 Å². The van der Waals surface area contributed by atoms with E-state index in [0.29, 0.717) is 25.4 Å². The largest absolute Gasteiger partial charge is 0.504 e. The molecule has 0 spiro atoms. The smallest absolute Gasteiger partial charge is 0.160 e. The predicted molar refractivity (Wildman–Crippen MR) is 151 cm³/mol. The Morgan fingerprint density at radius 2 is 1.08 bits per heavy atom. The molecule has 204 valence electrons. The Balaban J connectivity index is 1.65. The number of hydrogen-bond acceptors (Lipinski definition) is 7. The Morgan fingerprint density at radius 1 is 0.615 bits per heavy atom. The topological polar surface area (TPSA) is 78.4 Å². The minimum atomic E-state index is -0.912. The summed E-state index contributed by atoms with van der Waals surface area (Å²) in [5, 5.41) is 13.5. The summed E-state index contributed by atoms with van der Waals surface area (Å²) in [5.74, 6) is 2.86. The molecule has 0 amide bonds. The third-order valence-electron chi connectivity index (χ3n) is 6.66. The Morgan fingerprint density at radius 3 is 1.46 bits per heavy atom. The van der Waals surface area contributed by atoms with E-state index in [9.17, 15) is 5.11 Å². The molecule has 4 rings (SSSR count). The van der Waals surface area contributed by atoms with E-state index in [1.54, 1.807) is 33.5 Å². The molecule has 0 aromatic heterocycles. The quantitative estimate of drug-likeness (QED) is 0.174. The molecule has 0 aliphatic rings. The SMILES string of the molecule is COc1ccc(C(OCCNCc2ccc(OC)c(O)c2)(c2ccc(OC)cc2)c2ccc(OC)cc2)cc1. The zero-order valence-electron chi connectivity index (χ0n) is 22.8. The van der Waals surface area contributed by atoms with Crippen molar-refractivity contribution >= 4 is 0 Å². The lowest BCUT2D eigenvalue weighted by molar-refractivity contribution is 0.0147. The molecule has 7 nitrogen and oxygen atoms in total. The third kappa shape index (κ3) is 6.28. The molecular weight excluding hydrogens is 494 g/mol. The summed E-state index contributed by atoms with van der Waals surface area (Å²) < 4.78 is 28.3. The Bertz CT molecular complexity index is 1200. The molecular formula is C32H35NO6. The number of methoxy groups -OCH3 is 4. The van der Waals surface area contributed by atoms with Gasteiger partial charge in [-0.3, -0.25) is 0 Å². The van der Waals surface area contributed by atoms with Gasteiger partial charge in [-0.25, -0.2) is 0 Å². The molecule has 4 aromatic rings. The molecule has 0 saturated heterocycles. The van der Waals surface area contributed by atoms with Crippen LogP contribution in [-0.2, 0) is 16.9 Å². The summed E-state index contributed by atoms with van der Waals surface area (Å²) in [5.41, 5.74) is 2.90. The predicted octanol–water partition coefficient (Wildman–Crippen LogP) is 5.52. The first-order valence-electron chi connectivity index (χ1n) is 12.7. The maximum atomic E-state index is 10.1. The van der Waals surface area contributed by atoms with Crippen molar-refractivity contribution in [3.05, 3.63) is 113 Å². The van der Waals surface area contributed by atoms with E-state index in [0.717, 1.165) is 39.5 Å². The van der Waals surface area contributed by atoms with Gasteiger partial charge in [0.2, 0.25) is 0 Å². The van der Waals surface area contributed by atoms with Crippen LogP contribution in [0, 0.1) is 0 Å². The molecule has 4 aromatic carbocycles. The monoisotopic (exact) mass is 529 g/mol. The van der Waals surface area contributed by atoms with Crippen LogP contribution in [0.2, 0.25) is 0 Å². The molecule has 0 atom stereocenters. The number of rotatable bonds is 13. The number of ether oxygens (including phenoxy) is 5. The lowest BCUT2D eigenvalue weighted by atomic mass is 9.80. The summed E-state index contributed by atoms with van der Waals surface area (Å²) in [7, 11) is 6.49. The first-order valence-corrected chi connectivity index (χ1v) is 12.7. The fraction of sp³-hybridized carbons (Fsp3) is 0.250. The van der Waals surface area contributed by atoms with Crippen LogP contribution in [0.25, 0.3) is 0 Å². The second-order valence-electron chi connectivity index (χ2n) is 8.90. The lowest BCUT2D eigenvalue weighted by Gasteiger charge is -2.36. The number of benzene rings is 4. The van der Waals surface area contributed by atoms with Gasteiger partial charge in [0.05, 0.1) is 35.0 Å². The van der Waals surface area contributed by atoms with Gasteiger partial charge in [-0.15, -0.1) is 0 Å². The molecule has 0 heterocycles. The van der Waals surface area contributed by atoms with Gasteiger partial charge in [-0.05, 0) is 70.8 Å². The normalized spacial score (nSPS) is 11.2. The average Bonchev–Trinajstić information content (AvgIpc) is 2.99. The highest BCUT2D eigenvalue weighted by Crippen LogP contribution is 2.42. The Kier molecular flexibility index (Phi) is 9.31. The van der Waals surface area contributed by atoms with Crippen LogP contribution in [0.5, 0.6) is 28.7 Å². The average molecular weight is 530 g/mol. The van der Waals surface area contributed by atoms with Crippen LogP contribution >= 0.6 is 0 Å². The van der Waals surface area contributed by atoms with Gasteiger partial charge in [-0.1, -0.05) is 42.5 Å². The van der Waals surface area contributed by atoms with Crippen molar-refractivity contribution in [2.75, 3.05) is 41.6 Å². The van der Waals surface area contributed by atoms with Crippen molar-refractivity contribution in [2.45, 2.75) is 12.1 Å². The van der Waals surface area contributed by atoms with E-state index in [1.165, 1.54) is 7.11 Å². The van der Waals surface area contributed by atoms with Crippen LogP contribution in [0.1, 0.15) is 22.3 Å². The highest BCUT2D eigenvalue weighted by atomic mass is 16.5. The second-order valence-corrected chi connectivity index (χ2v) is 8.90. The van der Waals surface area contributed by atoms with E-state index >= 15 is 0 Å². The van der Waals surface area contributed by atoms with Crippen molar-refractivity contribution in [1.82, 2.24) is 5.32 Å². The van der Waals surface area contributed by atoms with Gasteiger partial charge >= 0.3 is 0 Å². The van der Waals surface area contributed by atoms with Crippen molar-refractivity contribution in [3.8, 4) is 28.7 Å². The molecule has 0 saturated carbocycles. The summed E-state index contributed by atoms with van der Waals surface area (Å²) in [6.45, 7) is 1.56. The Labute approximate surface area is 229 Å². The van der Waals surface area contributed by atoms with Gasteiger partial charge in [-0.2, -0.15) is 0 Å². The molecule has 0 fully saturated rings. The maximum absolute atomic E-state index is 10.1. The molecule has 0 aliphatic heterocycles. The van der Waals surface area contributed by atoms with E-state index in [-0.39, 0.29) is 5.75 Å². The maximum Gasteiger partial charge on any atom is 0.160 e. The zero-order chi connectivity index (χ0) is 27.7. The lowest BCUT2D eigenvalue weighted by Crippen LogP contribution is -2.35. The van der Waals surface area contributed by atoms with Crippen molar-refractivity contribution in [2.24, 2.45) is 0 Å². The highest BCUT2D eigenvalue weighted by molar-refractivity contribution is 5.50. The van der Waals surface area contributed by atoms with Crippen LogP contribution in [0.3, 0.4) is 0 Å². The first kappa shape index (κ1) is 27.8. The molecule has 0 radical (unpaired) electrons. The minimum absolute atomic E-state index is 0.116. The fourth-order valence-electron chi connectivity index (χ4n) is 4.58. The minimum Gasteiger partial charge on any atom is -0.504 e. The van der Waals surface area contributed by atoms with Gasteiger partial charge in [0, 0.05) is 13.1 Å². The summed E-state index contributed by atoms with van der Waals surface area (Å²) in [6, 6.07) is 29.2. The van der Waals surface area contributed by atoms with Crippen LogP contribution in [-0.4, -0.2) is 46.7 Å². The van der Waals surface area contributed by atoms with Crippen molar-refractivity contribution < 1.29 is 28.8 Å². The van der Waals surface area contributed by atoms with Gasteiger partial charge < -0.3 is 34.1 Å². The number of aromatic hydroxyl groups is 1. The van der Waals surface area contributed by atoms with E-state index in [4.69, 9.17) is 23.7 Å². The number of hydrogen-bond donors (Lipinski definition) is 2. The number of phenolic OH excluding ortho intramolecular Hbond substituents is 1. The summed E-state index contributed by atoms with van der Waals surface area (Å²) in [4.78, 5) is 0. The van der Waals surface area contributed by atoms with Crippen LogP contribution in [0.4, 0.5) is 0 Å². The molecule has 39 heavy (non-hydrogen) atoms. The standard InChI is InChI=1S/C32H35NO6/c1-35-27-12-6-24(7-13-27)32(25-8-14-28(36-2)15-9-25,26-10-16-29(37-3)17-11-26)39-20-19-33-22-23-5-18-31(38-4)30(34)21-23/h5-18,21,33-34H,19-20,22H2,1-4H3.